The highest BCUT2D eigenvalue weighted by Gasteiger charge is 2.79. The Morgan fingerprint density at radius 3 is 2.51 bits per heavy atom. The number of aliphatic hydroxyl groups is 1. The minimum absolute atomic E-state index is 0.109. The Hall–Kier alpha value is -2.19. The molecule has 3 unspecified atom stereocenters. The van der Waals surface area contributed by atoms with Crippen LogP contribution in [0.2, 0.25) is 10.0 Å². The molecule has 3 atom stereocenters. The summed E-state index contributed by atoms with van der Waals surface area (Å²) in [4.78, 5) is 28.3. The van der Waals surface area contributed by atoms with Crippen LogP contribution in [-0.2, 0) is 15.1 Å². The molecular weight excluding hydrogens is 516 g/mol. The van der Waals surface area contributed by atoms with Crippen LogP contribution >= 0.6 is 23.2 Å². The first-order valence-corrected chi connectivity index (χ1v) is 13.5. The number of hydrogen-bond donors (Lipinski definition) is 4. The predicted octanol–water partition coefficient (Wildman–Crippen LogP) is 5.26. The molecule has 9 heteroatoms. The standard InChI is InChI=1S/C28H32Cl2FN3O3/c1-26(2,3)14-27-19-12-21(31)20(30)13-22(19)33-24(36)23(15-5-4-6-16(29)11-15)28(27,34-27)25(37)32-17-7-9-18(35)10-8-17/h4-6,11-13,17-18,23,34-35H,7-10,14H2,1-3H3,(H,32,37)(H,33,36). The van der Waals surface area contributed by atoms with Crippen molar-refractivity contribution in [3.05, 3.63) is 63.4 Å². The fourth-order valence-corrected chi connectivity index (χ4v) is 6.73. The largest absolute Gasteiger partial charge is 0.393 e. The fourth-order valence-electron chi connectivity index (χ4n) is 6.37. The van der Waals surface area contributed by atoms with Gasteiger partial charge in [0.1, 0.15) is 11.4 Å². The lowest BCUT2D eigenvalue weighted by Crippen LogP contribution is -2.53. The van der Waals surface area contributed by atoms with Crippen LogP contribution in [0.4, 0.5) is 10.1 Å². The Balaban J connectivity index is 1.70. The van der Waals surface area contributed by atoms with Crippen molar-refractivity contribution in [2.75, 3.05) is 5.32 Å². The van der Waals surface area contributed by atoms with Crippen molar-refractivity contribution in [1.29, 1.82) is 0 Å². The lowest BCUT2D eigenvalue weighted by Gasteiger charge is -2.33. The number of anilines is 1. The number of benzene rings is 2. The second-order valence-electron chi connectivity index (χ2n) is 11.8. The highest BCUT2D eigenvalue weighted by molar-refractivity contribution is 6.31. The van der Waals surface area contributed by atoms with E-state index in [1.807, 2.05) is 20.8 Å². The van der Waals surface area contributed by atoms with Crippen molar-refractivity contribution in [3.8, 4) is 0 Å². The number of amides is 2. The molecule has 2 aliphatic heterocycles. The molecular formula is C28H32Cl2FN3O3. The van der Waals surface area contributed by atoms with Gasteiger partial charge >= 0.3 is 0 Å². The summed E-state index contributed by atoms with van der Waals surface area (Å²) in [6.07, 6.45) is 2.57. The van der Waals surface area contributed by atoms with E-state index in [0.29, 0.717) is 53.9 Å². The van der Waals surface area contributed by atoms with Crippen molar-refractivity contribution < 1.29 is 19.1 Å². The van der Waals surface area contributed by atoms with Crippen LogP contribution in [0.3, 0.4) is 0 Å². The molecule has 1 saturated carbocycles. The van der Waals surface area contributed by atoms with Crippen LogP contribution in [0.15, 0.2) is 36.4 Å². The topological polar surface area (TPSA) is 100 Å². The van der Waals surface area contributed by atoms with Gasteiger partial charge in [0.15, 0.2) is 0 Å². The summed E-state index contributed by atoms with van der Waals surface area (Å²) >= 11 is 12.5. The third kappa shape index (κ3) is 4.54. The van der Waals surface area contributed by atoms with Crippen LogP contribution in [0, 0.1) is 11.2 Å². The second kappa shape index (κ2) is 9.23. The number of carbonyl (C=O) groups is 2. The van der Waals surface area contributed by atoms with Crippen LogP contribution in [0.25, 0.3) is 0 Å². The number of rotatable bonds is 4. The van der Waals surface area contributed by atoms with Crippen molar-refractivity contribution in [3.63, 3.8) is 0 Å². The Morgan fingerprint density at radius 1 is 1.16 bits per heavy atom. The molecule has 0 bridgehead atoms. The molecule has 5 rings (SSSR count). The predicted molar refractivity (Wildman–Crippen MR) is 142 cm³/mol. The van der Waals surface area contributed by atoms with E-state index in [1.54, 1.807) is 24.3 Å². The molecule has 2 aromatic rings. The van der Waals surface area contributed by atoms with E-state index >= 15 is 0 Å². The quantitative estimate of drug-likeness (QED) is 0.392. The molecule has 2 fully saturated rings. The van der Waals surface area contributed by atoms with E-state index < -0.39 is 28.7 Å². The van der Waals surface area contributed by atoms with Gasteiger partial charge in [-0.2, -0.15) is 0 Å². The van der Waals surface area contributed by atoms with Gasteiger partial charge < -0.3 is 15.7 Å². The number of fused-ring (bicyclic) bond motifs is 3. The molecule has 4 N–H and O–H groups in total. The van der Waals surface area contributed by atoms with Crippen molar-refractivity contribution in [2.45, 2.75) is 82.0 Å². The van der Waals surface area contributed by atoms with Gasteiger partial charge in [0.05, 0.1) is 22.6 Å². The fraction of sp³-hybridized carbons (Fsp3) is 0.500. The first kappa shape index (κ1) is 26.4. The molecule has 2 aromatic carbocycles. The SMILES string of the molecule is CC(C)(C)CC12NC1(C(=O)NC1CCC(O)CC1)C(c1cccc(Cl)c1)C(=O)Nc1cc(Cl)c(F)cc12. The molecule has 1 aliphatic carbocycles. The van der Waals surface area contributed by atoms with Crippen molar-refractivity contribution in [2.24, 2.45) is 5.41 Å². The average molecular weight is 548 g/mol. The molecule has 6 nitrogen and oxygen atoms in total. The minimum atomic E-state index is -1.39. The van der Waals surface area contributed by atoms with E-state index in [-0.39, 0.29) is 28.5 Å². The normalized spacial score (nSPS) is 31.0. The Morgan fingerprint density at radius 2 is 1.86 bits per heavy atom. The van der Waals surface area contributed by atoms with Crippen LogP contribution in [-0.4, -0.2) is 34.6 Å². The van der Waals surface area contributed by atoms with Gasteiger partial charge in [0.2, 0.25) is 11.8 Å². The molecule has 2 heterocycles. The highest BCUT2D eigenvalue weighted by Crippen LogP contribution is 2.63. The number of aliphatic hydroxyl groups excluding tert-OH is 1. The van der Waals surface area contributed by atoms with Crippen molar-refractivity contribution in [1.82, 2.24) is 10.6 Å². The Bertz CT molecular complexity index is 1260. The van der Waals surface area contributed by atoms with Gasteiger partial charge in [0.25, 0.3) is 0 Å². The van der Waals surface area contributed by atoms with Crippen LogP contribution in [0.1, 0.15) is 69.9 Å². The van der Waals surface area contributed by atoms with E-state index in [0.717, 1.165) is 0 Å². The zero-order chi connectivity index (χ0) is 26.8. The summed E-state index contributed by atoms with van der Waals surface area (Å²) in [5.74, 6) is -2.28. The summed E-state index contributed by atoms with van der Waals surface area (Å²) in [5.41, 5.74) is -1.26. The van der Waals surface area contributed by atoms with Gasteiger partial charge in [-0.3, -0.25) is 14.9 Å². The monoisotopic (exact) mass is 547 g/mol. The number of carbonyl (C=O) groups excluding carboxylic acids is 2. The second-order valence-corrected chi connectivity index (χ2v) is 12.7. The maximum absolute atomic E-state index is 14.9. The third-order valence-corrected chi connectivity index (χ3v) is 8.39. The lowest BCUT2D eigenvalue weighted by molar-refractivity contribution is -0.129. The summed E-state index contributed by atoms with van der Waals surface area (Å²) in [5, 5.41) is 19.9. The zero-order valence-corrected chi connectivity index (χ0v) is 22.6. The summed E-state index contributed by atoms with van der Waals surface area (Å²) in [6.45, 7) is 6.15. The molecule has 2 amide bonds. The van der Waals surface area contributed by atoms with Crippen LogP contribution in [0.5, 0.6) is 0 Å². The molecule has 1 saturated heterocycles. The van der Waals surface area contributed by atoms with Gasteiger partial charge in [-0.05, 0) is 67.3 Å². The highest BCUT2D eigenvalue weighted by atomic mass is 35.5. The van der Waals surface area contributed by atoms with Crippen molar-refractivity contribution >= 4 is 40.7 Å². The zero-order valence-electron chi connectivity index (χ0n) is 21.1. The van der Waals surface area contributed by atoms with Crippen LogP contribution < -0.4 is 16.0 Å². The molecule has 0 aromatic heterocycles. The minimum Gasteiger partial charge on any atom is -0.393 e. The first-order chi connectivity index (χ1) is 17.4. The number of nitrogens with one attached hydrogen (secondary N) is 3. The van der Waals surface area contributed by atoms with Gasteiger partial charge in [-0.25, -0.2) is 4.39 Å². The summed E-state index contributed by atoms with van der Waals surface area (Å²) in [6, 6.07) is 9.57. The molecule has 37 heavy (non-hydrogen) atoms. The Kier molecular flexibility index (Phi) is 6.59. The molecule has 3 aliphatic rings. The molecule has 0 radical (unpaired) electrons. The van der Waals surface area contributed by atoms with E-state index in [9.17, 15) is 19.1 Å². The van der Waals surface area contributed by atoms with Gasteiger partial charge in [-0.15, -0.1) is 0 Å². The third-order valence-electron chi connectivity index (χ3n) is 7.86. The van der Waals surface area contributed by atoms with Gasteiger partial charge in [-0.1, -0.05) is 56.1 Å². The van der Waals surface area contributed by atoms with E-state index in [4.69, 9.17) is 23.2 Å². The van der Waals surface area contributed by atoms with Gasteiger partial charge in [0, 0.05) is 22.3 Å². The smallest absolute Gasteiger partial charge is 0.244 e. The van der Waals surface area contributed by atoms with E-state index in [2.05, 4.69) is 16.0 Å². The molecule has 198 valence electrons. The summed E-state index contributed by atoms with van der Waals surface area (Å²) in [7, 11) is 0. The molecule has 0 spiro atoms. The summed E-state index contributed by atoms with van der Waals surface area (Å²) < 4.78 is 14.9. The average Bonchev–Trinajstić information content (AvgIpc) is 3.46. The number of halogens is 3. The number of hydrogen-bond acceptors (Lipinski definition) is 4. The first-order valence-electron chi connectivity index (χ1n) is 12.7. The Labute approximate surface area is 226 Å². The maximum Gasteiger partial charge on any atom is 0.244 e. The van der Waals surface area contributed by atoms with E-state index in [1.165, 1.54) is 12.1 Å². The lowest BCUT2D eigenvalue weighted by atomic mass is 9.69. The maximum atomic E-state index is 14.9.